The van der Waals surface area contributed by atoms with E-state index in [1.165, 1.54) is 0 Å². The molecule has 2 N–H and O–H groups in total. The van der Waals surface area contributed by atoms with Gasteiger partial charge in [-0.25, -0.2) is 0 Å². The minimum Gasteiger partial charge on any atom is -0.486 e. The first kappa shape index (κ1) is 14.2. The fraction of sp³-hybridized carbons (Fsp3) is 0.429. The lowest BCUT2D eigenvalue weighted by Crippen LogP contribution is -2.45. The number of hydrogen-bond donors (Lipinski definition) is 2. The molecular weight excluding hydrogens is 262 g/mol. The van der Waals surface area contributed by atoms with Gasteiger partial charge in [-0.3, -0.25) is 9.59 Å². The Morgan fingerprint density at radius 2 is 2.00 bits per heavy atom. The molecule has 6 heteroatoms. The summed E-state index contributed by atoms with van der Waals surface area (Å²) in [6, 6.07) is 5.06. The molecule has 0 unspecified atom stereocenters. The van der Waals surface area contributed by atoms with Crippen LogP contribution in [-0.2, 0) is 4.79 Å². The lowest BCUT2D eigenvalue weighted by molar-refractivity contribution is -0.138. The largest absolute Gasteiger partial charge is 0.486 e. The van der Waals surface area contributed by atoms with Gasteiger partial charge in [0.15, 0.2) is 11.5 Å². The van der Waals surface area contributed by atoms with Crippen LogP contribution in [0.15, 0.2) is 18.2 Å². The molecule has 0 spiro atoms. The standard InChI is InChI=1S/C14H17NO5/c1-14(2,8-11(16)17)15-13(18)9-4-3-5-10-12(9)20-7-6-19-10/h3-5H,6-8H2,1-2H3,(H,15,18)(H,16,17). The number of carboxylic acids is 1. The van der Waals surface area contributed by atoms with Crippen molar-refractivity contribution in [2.45, 2.75) is 25.8 Å². The van der Waals surface area contributed by atoms with Gasteiger partial charge in [0, 0.05) is 5.54 Å². The highest BCUT2D eigenvalue weighted by Crippen LogP contribution is 2.33. The molecule has 1 heterocycles. The quantitative estimate of drug-likeness (QED) is 0.871. The lowest BCUT2D eigenvalue weighted by Gasteiger charge is -2.26. The van der Waals surface area contributed by atoms with Crippen molar-refractivity contribution in [1.29, 1.82) is 0 Å². The van der Waals surface area contributed by atoms with E-state index in [9.17, 15) is 9.59 Å². The van der Waals surface area contributed by atoms with Crippen LogP contribution in [0.5, 0.6) is 11.5 Å². The van der Waals surface area contributed by atoms with E-state index in [1.54, 1.807) is 32.0 Å². The summed E-state index contributed by atoms with van der Waals surface area (Å²) in [5.74, 6) is -0.411. The van der Waals surface area contributed by atoms with E-state index in [0.717, 1.165) is 0 Å². The van der Waals surface area contributed by atoms with Crippen LogP contribution >= 0.6 is 0 Å². The lowest BCUT2D eigenvalue weighted by atomic mass is 10.00. The monoisotopic (exact) mass is 279 g/mol. The number of carbonyl (C=O) groups excluding carboxylic acids is 1. The van der Waals surface area contributed by atoms with Crippen LogP contribution in [0.25, 0.3) is 0 Å². The third kappa shape index (κ3) is 3.20. The molecule has 1 aliphatic rings. The van der Waals surface area contributed by atoms with E-state index in [4.69, 9.17) is 14.6 Å². The van der Waals surface area contributed by atoms with Crippen LogP contribution in [0.4, 0.5) is 0 Å². The van der Waals surface area contributed by atoms with Crippen LogP contribution < -0.4 is 14.8 Å². The van der Waals surface area contributed by atoms with E-state index in [0.29, 0.717) is 30.3 Å². The molecule has 0 atom stereocenters. The van der Waals surface area contributed by atoms with Crippen molar-refractivity contribution in [3.63, 3.8) is 0 Å². The number of ether oxygens (including phenoxy) is 2. The second-order valence-corrected chi connectivity index (χ2v) is 5.24. The second kappa shape index (κ2) is 5.40. The molecular formula is C14H17NO5. The fourth-order valence-electron chi connectivity index (χ4n) is 2.05. The highest BCUT2D eigenvalue weighted by atomic mass is 16.6. The molecule has 20 heavy (non-hydrogen) atoms. The zero-order valence-electron chi connectivity index (χ0n) is 11.4. The second-order valence-electron chi connectivity index (χ2n) is 5.24. The van der Waals surface area contributed by atoms with E-state index < -0.39 is 11.5 Å². The van der Waals surface area contributed by atoms with Crippen molar-refractivity contribution in [3.05, 3.63) is 23.8 Å². The van der Waals surface area contributed by atoms with Gasteiger partial charge < -0.3 is 19.9 Å². The molecule has 0 bridgehead atoms. The zero-order valence-corrected chi connectivity index (χ0v) is 11.4. The summed E-state index contributed by atoms with van der Waals surface area (Å²) < 4.78 is 10.9. The van der Waals surface area contributed by atoms with Gasteiger partial charge in [0.1, 0.15) is 13.2 Å². The van der Waals surface area contributed by atoms with E-state index in [2.05, 4.69) is 5.32 Å². The third-order valence-corrected chi connectivity index (χ3v) is 2.86. The number of aliphatic carboxylic acids is 1. The Morgan fingerprint density at radius 1 is 1.30 bits per heavy atom. The summed E-state index contributed by atoms with van der Waals surface area (Å²) in [4.78, 5) is 23.0. The number of fused-ring (bicyclic) bond motifs is 1. The minimum atomic E-state index is -0.968. The number of carbonyl (C=O) groups is 2. The van der Waals surface area contributed by atoms with Gasteiger partial charge in [-0.1, -0.05) is 6.07 Å². The number of hydrogen-bond acceptors (Lipinski definition) is 4. The third-order valence-electron chi connectivity index (χ3n) is 2.86. The van der Waals surface area contributed by atoms with Gasteiger partial charge in [0.2, 0.25) is 0 Å². The van der Waals surface area contributed by atoms with Crippen LogP contribution in [-0.4, -0.2) is 35.7 Å². The van der Waals surface area contributed by atoms with Gasteiger partial charge >= 0.3 is 5.97 Å². The van der Waals surface area contributed by atoms with Crippen LogP contribution in [0, 0.1) is 0 Å². The maximum atomic E-state index is 12.3. The Bertz CT molecular complexity index is 538. The predicted octanol–water partition coefficient (Wildman–Crippen LogP) is 1.44. The van der Waals surface area contributed by atoms with Gasteiger partial charge in [-0.05, 0) is 26.0 Å². The van der Waals surface area contributed by atoms with Crippen molar-refractivity contribution in [2.75, 3.05) is 13.2 Å². The molecule has 6 nitrogen and oxygen atoms in total. The van der Waals surface area contributed by atoms with Crippen molar-refractivity contribution in [2.24, 2.45) is 0 Å². The highest BCUT2D eigenvalue weighted by Gasteiger charge is 2.27. The topological polar surface area (TPSA) is 84.9 Å². The number of rotatable bonds is 4. The first-order valence-electron chi connectivity index (χ1n) is 6.32. The highest BCUT2D eigenvalue weighted by molar-refractivity contribution is 5.98. The van der Waals surface area contributed by atoms with Crippen molar-refractivity contribution < 1.29 is 24.2 Å². The maximum Gasteiger partial charge on any atom is 0.305 e. The molecule has 108 valence electrons. The fourth-order valence-corrected chi connectivity index (χ4v) is 2.05. The van der Waals surface area contributed by atoms with Crippen molar-refractivity contribution >= 4 is 11.9 Å². The van der Waals surface area contributed by atoms with Gasteiger partial charge in [0.05, 0.1) is 12.0 Å². The molecule has 0 fully saturated rings. The Morgan fingerprint density at radius 3 is 2.70 bits per heavy atom. The van der Waals surface area contributed by atoms with Crippen LogP contribution in [0.3, 0.4) is 0 Å². The number of carboxylic acid groups (broad SMARTS) is 1. The van der Waals surface area contributed by atoms with Crippen molar-refractivity contribution in [1.82, 2.24) is 5.32 Å². The number of nitrogens with one attached hydrogen (secondary N) is 1. The summed E-state index contributed by atoms with van der Waals surface area (Å²) in [7, 11) is 0. The predicted molar refractivity (Wildman–Crippen MR) is 71.2 cm³/mol. The number of benzene rings is 1. The Labute approximate surface area is 116 Å². The SMILES string of the molecule is CC(C)(CC(=O)O)NC(=O)c1cccc2c1OCCO2. The molecule has 1 aliphatic heterocycles. The number of para-hydroxylation sites is 1. The molecule has 1 amide bonds. The van der Waals surface area contributed by atoms with Crippen molar-refractivity contribution in [3.8, 4) is 11.5 Å². The average Bonchev–Trinajstić information content (AvgIpc) is 2.35. The van der Waals surface area contributed by atoms with Gasteiger partial charge in [0.25, 0.3) is 5.91 Å². The summed E-state index contributed by atoms with van der Waals surface area (Å²) in [5.41, 5.74) is -0.498. The summed E-state index contributed by atoms with van der Waals surface area (Å²) in [5, 5.41) is 11.5. The summed E-state index contributed by atoms with van der Waals surface area (Å²) >= 11 is 0. The number of amides is 1. The molecule has 0 saturated heterocycles. The Balaban J connectivity index is 2.20. The van der Waals surface area contributed by atoms with E-state index >= 15 is 0 Å². The molecule has 2 rings (SSSR count). The first-order valence-corrected chi connectivity index (χ1v) is 6.32. The molecule has 0 saturated carbocycles. The van der Waals surface area contributed by atoms with Crippen LogP contribution in [0.1, 0.15) is 30.6 Å². The van der Waals surface area contributed by atoms with Gasteiger partial charge in [-0.15, -0.1) is 0 Å². The Kier molecular flexibility index (Phi) is 3.83. The zero-order chi connectivity index (χ0) is 14.8. The van der Waals surface area contributed by atoms with Gasteiger partial charge in [-0.2, -0.15) is 0 Å². The Hall–Kier alpha value is -2.24. The first-order chi connectivity index (χ1) is 9.39. The molecule has 0 radical (unpaired) electrons. The molecule has 1 aromatic carbocycles. The summed E-state index contributed by atoms with van der Waals surface area (Å²) in [6.45, 7) is 4.15. The smallest absolute Gasteiger partial charge is 0.305 e. The van der Waals surface area contributed by atoms with E-state index in [1.807, 2.05) is 0 Å². The van der Waals surface area contributed by atoms with E-state index in [-0.39, 0.29) is 12.3 Å². The maximum absolute atomic E-state index is 12.3. The normalized spacial score (nSPS) is 13.7. The average molecular weight is 279 g/mol. The molecule has 0 aliphatic carbocycles. The summed E-state index contributed by atoms with van der Waals surface area (Å²) in [6.07, 6.45) is -0.162. The molecule has 1 aromatic rings. The minimum absolute atomic E-state index is 0.162. The van der Waals surface area contributed by atoms with Crippen LogP contribution in [0.2, 0.25) is 0 Å². The molecule has 0 aromatic heterocycles.